The zero-order chi connectivity index (χ0) is 35.4. The van der Waals surface area contributed by atoms with Gasteiger partial charge < -0.3 is 24.0 Å². The summed E-state index contributed by atoms with van der Waals surface area (Å²) >= 11 is 0. The molecule has 0 radical (unpaired) electrons. The molecule has 0 aromatic heterocycles. The van der Waals surface area contributed by atoms with Crippen LogP contribution < -0.4 is 4.90 Å². The van der Waals surface area contributed by atoms with Crippen LogP contribution in [0.1, 0.15) is 98.5 Å². The standard InChI is InChI=1S/C39H52N2O8/c1-34(2)36(5)14-16-38(34,48-32(36)45)30(43)40-18-12-24(13-19-40)20-26(22-29(42)47-7)27-21-25-10-8-9-11-28(25)41(23-27)31(44)39-17-15-37(6,33(46)49-39)35(39,3)4/h8-11,24,26-27H,12-23H2,1-7H3/t26-,27-,36-,37-,38+,39+/m0/s1. The molecule has 2 saturated carbocycles. The van der Waals surface area contributed by atoms with E-state index in [0.717, 1.165) is 30.5 Å². The molecule has 2 amide bonds. The summed E-state index contributed by atoms with van der Waals surface area (Å²) in [5.74, 6) is -0.904. The summed E-state index contributed by atoms with van der Waals surface area (Å²) in [7, 11) is 1.41. The molecule has 3 saturated heterocycles. The topological polar surface area (TPSA) is 120 Å². The summed E-state index contributed by atoms with van der Waals surface area (Å²) in [6.45, 7) is 13.4. The summed E-state index contributed by atoms with van der Waals surface area (Å²) in [5.41, 5.74) is -3.08. The Balaban J connectivity index is 1.09. The lowest BCUT2D eigenvalue weighted by atomic mass is 9.65. The van der Waals surface area contributed by atoms with Crippen molar-refractivity contribution in [2.24, 2.45) is 39.4 Å². The number of likely N-dealkylation sites (tertiary alicyclic amines) is 1. The molecule has 10 nitrogen and oxygen atoms in total. The van der Waals surface area contributed by atoms with E-state index in [9.17, 15) is 24.0 Å². The lowest BCUT2D eigenvalue weighted by Gasteiger charge is -2.44. The minimum absolute atomic E-state index is 0.0178. The predicted molar refractivity (Wildman–Crippen MR) is 180 cm³/mol. The maximum Gasteiger partial charge on any atom is 0.313 e. The van der Waals surface area contributed by atoms with Gasteiger partial charge in [0.2, 0.25) is 0 Å². The molecule has 4 heterocycles. The Morgan fingerprint density at radius 3 is 1.90 bits per heavy atom. The zero-order valence-electron chi connectivity index (χ0n) is 30.2. The van der Waals surface area contributed by atoms with Gasteiger partial charge in [-0.3, -0.25) is 24.0 Å². The first-order chi connectivity index (χ1) is 23.0. The molecule has 0 N–H and O–H groups in total. The highest BCUT2D eigenvalue weighted by molar-refractivity contribution is 6.05. The van der Waals surface area contributed by atoms with E-state index in [1.165, 1.54) is 7.11 Å². The van der Waals surface area contributed by atoms with E-state index in [2.05, 4.69) is 0 Å². The summed E-state index contributed by atoms with van der Waals surface area (Å²) in [5, 5.41) is 0. The normalized spacial score (nSPS) is 36.3. The van der Waals surface area contributed by atoms with Crippen LogP contribution in [-0.4, -0.2) is 72.6 Å². The van der Waals surface area contributed by atoms with E-state index in [1.54, 1.807) is 0 Å². The summed E-state index contributed by atoms with van der Waals surface area (Å²) in [6, 6.07) is 7.93. The van der Waals surface area contributed by atoms with Gasteiger partial charge in [-0.2, -0.15) is 0 Å². The molecule has 266 valence electrons. The number of fused-ring (bicyclic) bond motifs is 5. The fourth-order valence-electron chi connectivity index (χ4n) is 10.6. The van der Waals surface area contributed by atoms with Crippen molar-refractivity contribution in [3.63, 3.8) is 0 Å². The Kier molecular flexibility index (Phi) is 7.66. The Morgan fingerprint density at radius 2 is 1.39 bits per heavy atom. The van der Waals surface area contributed by atoms with Gasteiger partial charge in [0.1, 0.15) is 0 Å². The number of anilines is 1. The number of hydrogen-bond acceptors (Lipinski definition) is 8. The van der Waals surface area contributed by atoms with Crippen molar-refractivity contribution in [2.75, 3.05) is 31.6 Å². The molecular formula is C39H52N2O8. The quantitative estimate of drug-likeness (QED) is 0.284. The fourth-order valence-corrected chi connectivity index (χ4v) is 10.6. The highest BCUT2D eigenvalue weighted by atomic mass is 16.6. The smallest absolute Gasteiger partial charge is 0.313 e. The van der Waals surface area contributed by atoms with Crippen LogP contribution >= 0.6 is 0 Å². The van der Waals surface area contributed by atoms with Crippen LogP contribution in [0.25, 0.3) is 0 Å². The highest BCUT2D eigenvalue weighted by Crippen LogP contribution is 2.67. The minimum Gasteiger partial charge on any atom is -0.469 e. The predicted octanol–water partition coefficient (Wildman–Crippen LogP) is 5.24. The molecule has 1 aromatic rings. The van der Waals surface area contributed by atoms with Crippen LogP contribution in [0, 0.1) is 39.4 Å². The van der Waals surface area contributed by atoms with E-state index in [-0.39, 0.29) is 53.9 Å². The fraction of sp³-hybridized carbons (Fsp3) is 0.718. The van der Waals surface area contributed by atoms with Crippen molar-refractivity contribution in [1.82, 2.24) is 4.90 Å². The number of amides is 2. The number of carbonyl (C=O) groups is 5. The number of methoxy groups -OCH3 is 1. The third-order valence-corrected chi connectivity index (χ3v) is 15.1. The van der Waals surface area contributed by atoms with E-state index in [4.69, 9.17) is 14.2 Å². The molecule has 5 fully saturated rings. The van der Waals surface area contributed by atoms with Crippen molar-refractivity contribution in [3.05, 3.63) is 29.8 Å². The van der Waals surface area contributed by atoms with Crippen molar-refractivity contribution in [3.8, 4) is 0 Å². The van der Waals surface area contributed by atoms with Crippen molar-refractivity contribution >= 4 is 35.4 Å². The Morgan fingerprint density at radius 1 is 0.837 bits per heavy atom. The number of ether oxygens (including phenoxy) is 3. The number of carbonyl (C=O) groups excluding carboxylic acids is 5. The summed E-state index contributed by atoms with van der Waals surface area (Å²) in [4.78, 5) is 71.3. The third kappa shape index (κ3) is 4.39. The van der Waals surface area contributed by atoms with Crippen LogP contribution in [0.3, 0.4) is 0 Å². The molecule has 1 aromatic carbocycles. The van der Waals surface area contributed by atoms with Gasteiger partial charge >= 0.3 is 17.9 Å². The Hall–Kier alpha value is -3.43. The van der Waals surface area contributed by atoms with Crippen LogP contribution in [0.15, 0.2) is 24.3 Å². The molecule has 0 unspecified atom stereocenters. The first kappa shape index (κ1) is 34.0. The zero-order valence-corrected chi connectivity index (χ0v) is 30.2. The maximum atomic E-state index is 14.7. The molecule has 7 rings (SSSR count). The highest BCUT2D eigenvalue weighted by Gasteiger charge is 2.77. The number of piperidine rings is 1. The number of para-hydroxylation sites is 1. The first-order valence-corrected chi connectivity index (χ1v) is 18.2. The van der Waals surface area contributed by atoms with Crippen molar-refractivity contribution in [1.29, 1.82) is 0 Å². The number of esters is 3. The second-order valence-electron chi connectivity index (χ2n) is 17.4. The van der Waals surface area contributed by atoms with Crippen LogP contribution in [0.2, 0.25) is 0 Å². The lowest BCUT2D eigenvalue weighted by Crippen LogP contribution is -2.57. The summed E-state index contributed by atoms with van der Waals surface area (Å²) in [6.07, 6.45) is 5.58. The second kappa shape index (κ2) is 11.0. The summed E-state index contributed by atoms with van der Waals surface area (Å²) < 4.78 is 17.1. The SMILES string of the molecule is COC(=O)C[C@H](CC1CCN(C(=O)[C@@]23CC[C@@](C)(C(=O)O2)C3(C)C)CC1)[C@H]1Cc2ccccc2N(C(=O)[C@@]23CC[C@@](C)(C(=O)O2)C3(C)C)C1. The van der Waals surface area contributed by atoms with Gasteiger partial charge in [-0.05, 0) is 94.6 Å². The first-order valence-electron chi connectivity index (χ1n) is 18.2. The molecule has 6 atom stereocenters. The average Bonchev–Trinajstić information content (AvgIpc) is 3.55. The monoisotopic (exact) mass is 676 g/mol. The van der Waals surface area contributed by atoms with Crippen LogP contribution in [0.4, 0.5) is 5.69 Å². The van der Waals surface area contributed by atoms with Gasteiger partial charge in [0.15, 0.2) is 11.2 Å². The van der Waals surface area contributed by atoms with E-state index < -0.39 is 32.9 Å². The lowest BCUT2D eigenvalue weighted by molar-refractivity contribution is -0.174. The van der Waals surface area contributed by atoms with Crippen molar-refractivity contribution in [2.45, 2.75) is 111 Å². The van der Waals surface area contributed by atoms with Gasteiger partial charge in [-0.25, -0.2) is 0 Å². The van der Waals surface area contributed by atoms with Gasteiger partial charge in [0.05, 0.1) is 17.9 Å². The number of hydrogen-bond donors (Lipinski definition) is 0. The molecule has 4 aliphatic heterocycles. The molecule has 6 aliphatic rings. The van der Waals surface area contributed by atoms with E-state index >= 15 is 0 Å². The van der Waals surface area contributed by atoms with Gasteiger partial charge in [0, 0.05) is 42.6 Å². The molecule has 0 spiro atoms. The molecule has 49 heavy (non-hydrogen) atoms. The van der Waals surface area contributed by atoms with Crippen LogP contribution in [-0.2, 0) is 44.6 Å². The average molecular weight is 677 g/mol. The Bertz CT molecular complexity index is 1610. The number of nitrogens with zero attached hydrogens (tertiary/aromatic N) is 2. The maximum absolute atomic E-state index is 14.7. The molecule has 4 bridgehead atoms. The third-order valence-electron chi connectivity index (χ3n) is 15.1. The largest absolute Gasteiger partial charge is 0.469 e. The van der Waals surface area contributed by atoms with Crippen LogP contribution in [0.5, 0.6) is 0 Å². The van der Waals surface area contributed by atoms with Gasteiger partial charge in [-0.15, -0.1) is 0 Å². The molecule has 10 heteroatoms. The number of rotatable bonds is 7. The van der Waals surface area contributed by atoms with E-state index in [1.807, 2.05) is 75.6 Å². The number of benzene rings is 1. The minimum atomic E-state index is -1.23. The van der Waals surface area contributed by atoms with Gasteiger partial charge in [-0.1, -0.05) is 45.9 Å². The Labute approximate surface area is 289 Å². The van der Waals surface area contributed by atoms with E-state index in [0.29, 0.717) is 51.7 Å². The molecule has 2 aliphatic carbocycles. The van der Waals surface area contributed by atoms with Gasteiger partial charge in [0.25, 0.3) is 11.8 Å². The second-order valence-corrected chi connectivity index (χ2v) is 17.4. The van der Waals surface area contributed by atoms with Crippen molar-refractivity contribution < 1.29 is 38.2 Å². The molecular weight excluding hydrogens is 624 g/mol.